The summed E-state index contributed by atoms with van der Waals surface area (Å²) in [6.07, 6.45) is 0.448. The quantitative estimate of drug-likeness (QED) is 0.404. The first-order valence-electron chi connectivity index (χ1n) is 12.1. The van der Waals surface area contributed by atoms with Gasteiger partial charge in [-0.15, -0.1) is 0 Å². The molecule has 10 heteroatoms. The number of halogens is 1. The number of nitrogens with zero attached hydrogens (tertiary/aromatic N) is 5. The van der Waals surface area contributed by atoms with Gasteiger partial charge in [-0.25, -0.2) is 4.98 Å². The van der Waals surface area contributed by atoms with Crippen molar-refractivity contribution in [3.05, 3.63) is 86.9 Å². The molecule has 0 aliphatic carbocycles. The van der Waals surface area contributed by atoms with Gasteiger partial charge in [0.15, 0.2) is 0 Å². The third kappa shape index (κ3) is 5.67. The molecule has 4 rings (SSSR count). The van der Waals surface area contributed by atoms with Crippen LogP contribution in [0.3, 0.4) is 0 Å². The summed E-state index contributed by atoms with van der Waals surface area (Å²) in [7, 11) is 0. The van der Waals surface area contributed by atoms with E-state index in [1.54, 1.807) is 29.2 Å². The topological polar surface area (TPSA) is 127 Å². The number of piperazine rings is 1. The standard InChI is InChI=1S/C28H25BrN6O2S/c1-2-21-22(16-30)26(34-12-14-35(15-13-34)28(37)19-8-10-20(29)11-9-19)33-27(23(21)17-31)38-24(25(32)36)18-6-4-3-5-7-18/h3-11,24H,2,12-15H2,1H3,(H2,32,36). The second-order valence-corrected chi connectivity index (χ2v) is 10.7. The van der Waals surface area contributed by atoms with Crippen molar-refractivity contribution >= 4 is 45.3 Å². The lowest BCUT2D eigenvalue weighted by atomic mass is 10.0. The van der Waals surface area contributed by atoms with Gasteiger partial charge in [0.2, 0.25) is 5.91 Å². The zero-order valence-corrected chi connectivity index (χ0v) is 23.1. The zero-order chi connectivity index (χ0) is 27.2. The Bertz CT molecular complexity index is 1420. The molecule has 2 N–H and O–H groups in total. The number of benzene rings is 2. The fourth-order valence-corrected chi connectivity index (χ4v) is 5.75. The highest BCUT2D eigenvalue weighted by Gasteiger charge is 2.29. The predicted molar refractivity (Wildman–Crippen MR) is 150 cm³/mol. The van der Waals surface area contributed by atoms with Crippen LogP contribution in [0.15, 0.2) is 64.1 Å². The van der Waals surface area contributed by atoms with E-state index in [4.69, 9.17) is 10.7 Å². The van der Waals surface area contributed by atoms with E-state index in [1.165, 1.54) is 0 Å². The first-order chi connectivity index (χ1) is 18.4. The number of aromatic nitrogens is 1. The Hall–Kier alpha value is -3.86. The lowest BCUT2D eigenvalue weighted by molar-refractivity contribution is -0.117. The molecule has 1 aromatic heterocycles. The summed E-state index contributed by atoms with van der Waals surface area (Å²) in [5, 5.41) is 19.7. The van der Waals surface area contributed by atoms with Crippen LogP contribution >= 0.6 is 27.7 Å². The summed E-state index contributed by atoms with van der Waals surface area (Å²) < 4.78 is 0.904. The van der Waals surface area contributed by atoms with Crippen molar-refractivity contribution in [2.24, 2.45) is 5.73 Å². The number of nitrogens with two attached hydrogens (primary N) is 1. The van der Waals surface area contributed by atoms with Crippen molar-refractivity contribution in [3.63, 3.8) is 0 Å². The van der Waals surface area contributed by atoms with Gasteiger partial charge >= 0.3 is 0 Å². The maximum atomic E-state index is 13.0. The molecule has 1 fully saturated rings. The Balaban J connectivity index is 1.65. The maximum absolute atomic E-state index is 13.0. The van der Waals surface area contributed by atoms with Gasteiger partial charge in [0.05, 0.1) is 11.1 Å². The van der Waals surface area contributed by atoms with Crippen LogP contribution in [0.4, 0.5) is 5.82 Å². The molecule has 0 bridgehead atoms. The molecule has 0 spiro atoms. The van der Waals surface area contributed by atoms with Crippen LogP contribution in [-0.2, 0) is 11.2 Å². The second-order valence-electron chi connectivity index (χ2n) is 8.64. The smallest absolute Gasteiger partial charge is 0.253 e. The fraction of sp³-hybridized carbons (Fsp3) is 0.250. The molecular weight excluding hydrogens is 564 g/mol. The first kappa shape index (κ1) is 27.2. The van der Waals surface area contributed by atoms with E-state index in [1.807, 2.05) is 42.2 Å². The van der Waals surface area contributed by atoms with Gasteiger partial charge in [-0.3, -0.25) is 9.59 Å². The largest absolute Gasteiger partial charge is 0.368 e. The van der Waals surface area contributed by atoms with Crippen molar-refractivity contribution in [1.29, 1.82) is 10.5 Å². The van der Waals surface area contributed by atoms with Gasteiger partial charge < -0.3 is 15.5 Å². The van der Waals surface area contributed by atoms with Crippen LogP contribution in [0.5, 0.6) is 0 Å². The molecule has 1 atom stereocenters. The van der Waals surface area contributed by atoms with Crippen LogP contribution in [-0.4, -0.2) is 47.9 Å². The number of thioether (sulfide) groups is 1. The third-order valence-electron chi connectivity index (χ3n) is 6.37. The van der Waals surface area contributed by atoms with E-state index in [0.29, 0.717) is 65.7 Å². The average Bonchev–Trinajstić information content (AvgIpc) is 2.95. The fourth-order valence-electron chi connectivity index (χ4n) is 4.42. The number of carbonyl (C=O) groups excluding carboxylic acids is 2. The van der Waals surface area contributed by atoms with Crippen LogP contribution in [0.2, 0.25) is 0 Å². The van der Waals surface area contributed by atoms with Gasteiger partial charge in [0.25, 0.3) is 5.91 Å². The van der Waals surface area contributed by atoms with E-state index >= 15 is 0 Å². The van der Waals surface area contributed by atoms with Crippen LogP contribution < -0.4 is 10.6 Å². The minimum atomic E-state index is -0.748. The summed E-state index contributed by atoms with van der Waals surface area (Å²) in [4.78, 5) is 33.9. The van der Waals surface area contributed by atoms with Crippen molar-refractivity contribution in [2.75, 3.05) is 31.1 Å². The summed E-state index contributed by atoms with van der Waals surface area (Å²) in [6, 6.07) is 20.8. The average molecular weight is 590 g/mol. The maximum Gasteiger partial charge on any atom is 0.253 e. The van der Waals surface area contributed by atoms with Gasteiger partial charge in [-0.05, 0) is 41.8 Å². The summed E-state index contributed by atoms with van der Waals surface area (Å²) in [5.41, 5.74) is 8.28. The molecule has 1 unspecified atom stereocenters. The molecule has 0 radical (unpaired) electrons. The molecule has 38 heavy (non-hydrogen) atoms. The Labute approximate surface area is 234 Å². The van der Waals surface area contributed by atoms with E-state index < -0.39 is 11.2 Å². The van der Waals surface area contributed by atoms with Crippen molar-refractivity contribution in [1.82, 2.24) is 9.88 Å². The van der Waals surface area contributed by atoms with Gasteiger partial charge in [0.1, 0.15) is 28.2 Å². The molecule has 3 aromatic rings. The van der Waals surface area contributed by atoms with Gasteiger partial charge in [-0.1, -0.05) is 64.9 Å². The lowest BCUT2D eigenvalue weighted by Gasteiger charge is -2.36. The molecule has 2 heterocycles. The Morgan fingerprint density at radius 1 is 1.03 bits per heavy atom. The number of carbonyl (C=O) groups is 2. The second kappa shape index (κ2) is 12.1. The first-order valence-corrected chi connectivity index (χ1v) is 13.7. The Morgan fingerprint density at radius 3 is 2.21 bits per heavy atom. The van der Waals surface area contributed by atoms with Crippen LogP contribution in [0.1, 0.15) is 44.8 Å². The Kier molecular flexibility index (Phi) is 8.67. The van der Waals surface area contributed by atoms with E-state index in [0.717, 1.165) is 16.2 Å². The molecule has 0 saturated carbocycles. The summed E-state index contributed by atoms with van der Waals surface area (Å²) >= 11 is 4.51. The molecule has 1 aliphatic rings. The minimum Gasteiger partial charge on any atom is -0.368 e. The highest BCUT2D eigenvalue weighted by molar-refractivity contribution is 9.10. The predicted octanol–water partition coefficient (Wildman–Crippen LogP) is 4.43. The number of primary amides is 1. The number of rotatable bonds is 7. The van der Waals surface area contributed by atoms with E-state index in [2.05, 4.69) is 28.1 Å². The number of amides is 2. The summed E-state index contributed by atoms with van der Waals surface area (Å²) in [5.74, 6) is -0.142. The molecular formula is C28H25BrN6O2S. The van der Waals surface area contributed by atoms with Crippen LogP contribution in [0, 0.1) is 22.7 Å². The lowest BCUT2D eigenvalue weighted by Crippen LogP contribution is -2.49. The molecule has 192 valence electrons. The molecule has 1 aliphatic heterocycles. The van der Waals surface area contributed by atoms with E-state index in [9.17, 15) is 20.1 Å². The minimum absolute atomic E-state index is 0.0527. The van der Waals surface area contributed by atoms with Crippen molar-refractivity contribution < 1.29 is 9.59 Å². The number of pyridine rings is 1. The monoisotopic (exact) mass is 588 g/mol. The highest BCUT2D eigenvalue weighted by atomic mass is 79.9. The zero-order valence-electron chi connectivity index (χ0n) is 20.7. The van der Waals surface area contributed by atoms with Gasteiger partial charge in [-0.2, -0.15) is 10.5 Å². The Morgan fingerprint density at radius 2 is 1.66 bits per heavy atom. The van der Waals surface area contributed by atoms with Gasteiger partial charge in [0, 0.05) is 36.2 Å². The molecule has 2 aromatic carbocycles. The molecule has 8 nitrogen and oxygen atoms in total. The van der Waals surface area contributed by atoms with Crippen molar-refractivity contribution in [3.8, 4) is 12.1 Å². The van der Waals surface area contributed by atoms with Crippen LogP contribution in [0.25, 0.3) is 0 Å². The number of anilines is 1. The van der Waals surface area contributed by atoms with Crippen molar-refractivity contribution in [2.45, 2.75) is 23.6 Å². The molecule has 1 saturated heterocycles. The highest BCUT2D eigenvalue weighted by Crippen LogP contribution is 2.39. The van der Waals surface area contributed by atoms with E-state index in [-0.39, 0.29) is 11.5 Å². The number of hydrogen-bond acceptors (Lipinski definition) is 7. The normalized spacial score (nSPS) is 13.9. The third-order valence-corrected chi connectivity index (χ3v) is 8.16. The number of nitriles is 2. The number of hydrogen-bond donors (Lipinski definition) is 1. The SMILES string of the molecule is CCc1c(C#N)c(SC(C(N)=O)c2ccccc2)nc(N2CCN(C(=O)c3ccc(Br)cc3)CC2)c1C#N. The summed E-state index contributed by atoms with van der Waals surface area (Å²) in [6.45, 7) is 3.74. The molecule has 2 amide bonds.